The van der Waals surface area contributed by atoms with Crippen molar-refractivity contribution in [3.63, 3.8) is 0 Å². The van der Waals surface area contributed by atoms with Crippen molar-refractivity contribution in [2.45, 2.75) is 6.92 Å². The van der Waals surface area contributed by atoms with Gasteiger partial charge in [-0.3, -0.25) is 0 Å². The molecule has 0 saturated carbocycles. The van der Waals surface area contributed by atoms with Gasteiger partial charge in [-0.05, 0) is 64.7 Å². The second-order valence-corrected chi connectivity index (χ2v) is 10.5. The van der Waals surface area contributed by atoms with E-state index in [4.69, 9.17) is 0 Å². The molecule has 7 aromatic rings. The molecular formula is C35H25NS. The first kappa shape index (κ1) is 21.8. The van der Waals surface area contributed by atoms with Gasteiger partial charge in [-0.25, -0.2) is 0 Å². The van der Waals surface area contributed by atoms with E-state index in [0.717, 1.165) is 4.53 Å². The molecule has 2 heteroatoms. The van der Waals surface area contributed by atoms with Gasteiger partial charge in [0.25, 0.3) is 0 Å². The second-order valence-electron chi connectivity index (χ2n) is 9.42. The number of nitrogens with zero attached hydrogens (tertiary/aromatic N) is 1. The summed E-state index contributed by atoms with van der Waals surface area (Å²) in [6.45, 7) is 6.45. The van der Waals surface area contributed by atoms with E-state index in [1.54, 1.807) is 11.3 Å². The van der Waals surface area contributed by atoms with E-state index in [1.165, 1.54) is 65.1 Å². The maximum Gasteiger partial charge on any atom is 0.0555 e. The first-order valence-corrected chi connectivity index (χ1v) is 13.4. The highest BCUT2D eigenvalue weighted by Crippen LogP contribution is 2.39. The highest BCUT2D eigenvalue weighted by Gasteiger charge is 2.17. The van der Waals surface area contributed by atoms with Crippen LogP contribution in [-0.2, 0) is 0 Å². The van der Waals surface area contributed by atoms with Crippen molar-refractivity contribution in [2.24, 2.45) is 0 Å². The molecular weight excluding hydrogens is 466 g/mol. The third-order valence-corrected chi connectivity index (χ3v) is 8.38. The zero-order chi connectivity index (χ0) is 24.9. The normalized spacial score (nSPS) is 12.2. The van der Waals surface area contributed by atoms with Crippen LogP contribution in [-0.4, -0.2) is 4.57 Å². The highest BCUT2D eigenvalue weighted by atomic mass is 32.1. The molecule has 1 nitrogen and oxygen atoms in total. The van der Waals surface area contributed by atoms with Gasteiger partial charge in [0.2, 0.25) is 0 Å². The minimum absolute atomic E-state index is 1.12. The number of fused-ring (bicyclic) bond motifs is 5. The van der Waals surface area contributed by atoms with Gasteiger partial charge in [-0.2, -0.15) is 0 Å². The van der Waals surface area contributed by atoms with E-state index in [0.29, 0.717) is 0 Å². The Morgan fingerprint density at radius 2 is 1.24 bits per heavy atom. The van der Waals surface area contributed by atoms with Gasteiger partial charge >= 0.3 is 0 Å². The molecule has 37 heavy (non-hydrogen) atoms. The fourth-order valence-corrected chi connectivity index (χ4v) is 6.79. The summed E-state index contributed by atoms with van der Waals surface area (Å²) in [4.78, 5) is 0. The topological polar surface area (TPSA) is 4.93 Å². The summed E-state index contributed by atoms with van der Waals surface area (Å²) < 4.78 is 4.87. The molecule has 0 amide bonds. The third-order valence-electron chi connectivity index (χ3n) is 7.29. The minimum Gasteiger partial charge on any atom is -0.309 e. The quantitative estimate of drug-likeness (QED) is 0.233. The molecule has 0 saturated heterocycles. The molecule has 0 N–H and O–H groups in total. The van der Waals surface area contributed by atoms with Crippen LogP contribution < -0.4 is 9.75 Å². The van der Waals surface area contributed by atoms with E-state index in [1.807, 2.05) is 0 Å². The Bertz CT molecular complexity index is 1990. The molecule has 2 aromatic heterocycles. The average molecular weight is 492 g/mol. The Morgan fingerprint density at radius 3 is 1.89 bits per heavy atom. The van der Waals surface area contributed by atoms with Gasteiger partial charge < -0.3 is 4.57 Å². The van der Waals surface area contributed by atoms with Crippen LogP contribution in [0.4, 0.5) is 0 Å². The fraction of sp³-hybridized carbons (Fsp3) is 0.0286. The molecule has 0 aliphatic carbocycles. The van der Waals surface area contributed by atoms with E-state index in [2.05, 4.69) is 139 Å². The van der Waals surface area contributed by atoms with Gasteiger partial charge in [0, 0.05) is 31.1 Å². The minimum atomic E-state index is 1.12. The standard InChI is InChI=1S/C35H25NS/c1-3-29-23(2)37-35-30(29)18-19-33-34(35)31-16-10-11-17-32(31)36(33)28-21-26(24-12-6-4-7-13-24)20-27(22-28)25-14-8-5-9-15-25/h3-22H,2H2,1H3/b29-3+. The SMILES string of the molecule is C=c1sc2c(ccc3c2c2ccccc2n3-c2cc(-c3ccccc3)cc(-c3ccccc3)c2)/c1=C/C. The van der Waals surface area contributed by atoms with Crippen LogP contribution in [0.5, 0.6) is 0 Å². The number of hydrogen-bond donors (Lipinski definition) is 0. The molecule has 0 spiro atoms. The Morgan fingerprint density at radius 1 is 0.622 bits per heavy atom. The molecule has 0 unspecified atom stereocenters. The summed E-state index contributed by atoms with van der Waals surface area (Å²) in [5.74, 6) is 0. The van der Waals surface area contributed by atoms with Gasteiger partial charge in [0.05, 0.1) is 11.0 Å². The van der Waals surface area contributed by atoms with Crippen molar-refractivity contribution in [3.8, 4) is 27.9 Å². The molecule has 0 aliphatic rings. The monoisotopic (exact) mass is 491 g/mol. The third kappa shape index (κ3) is 3.45. The molecule has 0 radical (unpaired) electrons. The van der Waals surface area contributed by atoms with E-state index in [-0.39, 0.29) is 0 Å². The second kappa shape index (κ2) is 8.62. The maximum atomic E-state index is 4.35. The number of benzene rings is 5. The van der Waals surface area contributed by atoms with Crippen LogP contribution in [0.2, 0.25) is 0 Å². The van der Waals surface area contributed by atoms with Crippen LogP contribution in [0.1, 0.15) is 6.92 Å². The number of para-hydroxylation sites is 1. The summed E-state index contributed by atoms with van der Waals surface area (Å²) in [5.41, 5.74) is 8.46. The number of hydrogen-bond acceptors (Lipinski definition) is 1. The molecule has 0 bridgehead atoms. The predicted molar refractivity (Wildman–Crippen MR) is 162 cm³/mol. The summed E-state index contributed by atoms with van der Waals surface area (Å²) in [5, 5.41) is 5.12. The smallest absolute Gasteiger partial charge is 0.0555 e. The van der Waals surface area contributed by atoms with Crippen molar-refractivity contribution >= 4 is 55.9 Å². The van der Waals surface area contributed by atoms with Crippen molar-refractivity contribution in [1.29, 1.82) is 0 Å². The van der Waals surface area contributed by atoms with Crippen molar-refractivity contribution in [1.82, 2.24) is 4.57 Å². The number of thiophene rings is 1. The van der Waals surface area contributed by atoms with Gasteiger partial charge in [0.1, 0.15) is 0 Å². The van der Waals surface area contributed by atoms with Crippen molar-refractivity contribution in [3.05, 3.63) is 125 Å². The van der Waals surface area contributed by atoms with Gasteiger partial charge in [-0.15, -0.1) is 11.3 Å². The fourth-order valence-electron chi connectivity index (χ4n) is 5.60. The highest BCUT2D eigenvalue weighted by molar-refractivity contribution is 7.18. The lowest BCUT2D eigenvalue weighted by molar-refractivity contribution is 1.18. The summed E-state index contributed by atoms with van der Waals surface area (Å²) >= 11 is 1.80. The maximum absolute atomic E-state index is 4.35. The Balaban J connectivity index is 1.61. The van der Waals surface area contributed by atoms with Crippen LogP contribution in [0.15, 0.2) is 115 Å². The number of aromatic nitrogens is 1. The lowest BCUT2D eigenvalue weighted by atomic mass is 9.98. The largest absolute Gasteiger partial charge is 0.309 e. The average Bonchev–Trinajstić information content (AvgIpc) is 3.47. The molecule has 0 atom stereocenters. The molecule has 176 valence electrons. The Kier molecular flexibility index (Phi) is 5.09. The van der Waals surface area contributed by atoms with Crippen LogP contribution in [0.25, 0.3) is 72.5 Å². The first-order valence-electron chi connectivity index (χ1n) is 12.6. The lowest BCUT2D eigenvalue weighted by Gasteiger charge is -2.14. The summed E-state index contributed by atoms with van der Waals surface area (Å²) in [6.07, 6.45) is 2.18. The molecule has 2 heterocycles. The predicted octanol–water partition coefficient (Wildman–Crippen LogP) is 8.54. The van der Waals surface area contributed by atoms with E-state index < -0.39 is 0 Å². The number of rotatable bonds is 3. The first-order chi connectivity index (χ1) is 18.2. The van der Waals surface area contributed by atoms with Gasteiger partial charge in [0.15, 0.2) is 0 Å². The van der Waals surface area contributed by atoms with E-state index >= 15 is 0 Å². The molecule has 5 aromatic carbocycles. The Labute approximate surface area is 219 Å². The zero-order valence-electron chi connectivity index (χ0n) is 20.6. The summed E-state index contributed by atoms with van der Waals surface area (Å²) in [6, 6.07) is 41.6. The molecule has 0 fully saturated rings. The van der Waals surface area contributed by atoms with Crippen LogP contribution >= 0.6 is 11.3 Å². The van der Waals surface area contributed by atoms with Crippen molar-refractivity contribution in [2.75, 3.05) is 0 Å². The van der Waals surface area contributed by atoms with Gasteiger partial charge in [-0.1, -0.05) is 97.6 Å². The van der Waals surface area contributed by atoms with Crippen LogP contribution in [0, 0.1) is 0 Å². The lowest BCUT2D eigenvalue weighted by Crippen LogP contribution is -2.15. The summed E-state index contributed by atoms with van der Waals surface area (Å²) in [7, 11) is 0. The molecule has 7 rings (SSSR count). The molecule has 0 aliphatic heterocycles. The van der Waals surface area contributed by atoms with Crippen LogP contribution in [0.3, 0.4) is 0 Å². The van der Waals surface area contributed by atoms with Crippen molar-refractivity contribution < 1.29 is 0 Å². The van der Waals surface area contributed by atoms with E-state index in [9.17, 15) is 0 Å². The zero-order valence-corrected chi connectivity index (χ0v) is 21.4. The Hall–Kier alpha value is -4.40.